The molecule has 8 atom stereocenters. The van der Waals surface area contributed by atoms with Gasteiger partial charge in [0.15, 0.2) is 0 Å². The summed E-state index contributed by atoms with van der Waals surface area (Å²) in [7, 11) is 0.738. The van der Waals surface area contributed by atoms with Gasteiger partial charge in [-0.2, -0.15) is 0 Å². The highest BCUT2D eigenvalue weighted by molar-refractivity contribution is 7.92. The summed E-state index contributed by atoms with van der Waals surface area (Å²) < 4.78 is 40.5. The molecular weight excluding hydrogens is 722 g/mol. The first-order valence-electron chi connectivity index (χ1n) is 18.2. The van der Waals surface area contributed by atoms with Gasteiger partial charge in [-0.25, -0.2) is 4.21 Å². The average Bonchev–Trinajstić information content (AvgIpc) is 3.43. The van der Waals surface area contributed by atoms with E-state index in [1.54, 1.807) is 39.3 Å². The number of aryl methyl sites for hydroxylation is 2. The summed E-state index contributed by atoms with van der Waals surface area (Å²) in [5.41, 5.74) is 2.97. The third-order valence-corrected chi connectivity index (χ3v) is 13.7. The van der Waals surface area contributed by atoms with Crippen molar-refractivity contribution in [3.05, 3.63) is 69.9 Å². The topological polar surface area (TPSA) is 165 Å². The van der Waals surface area contributed by atoms with Gasteiger partial charge in [-0.05, 0) is 97.7 Å². The maximum Gasteiger partial charge on any atom is 0.286 e. The van der Waals surface area contributed by atoms with Crippen LogP contribution in [-0.2, 0) is 33.5 Å². The number of rotatable bonds is 4. The molecule has 1 fully saturated rings. The number of benzene rings is 2. The number of aliphatic hydroxyl groups excluding tert-OH is 2. The van der Waals surface area contributed by atoms with Crippen LogP contribution in [-0.4, -0.2) is 94.0 Å². The van der Waals surface area contributed by atoms with Gasteiger partial charge in [-0.1, -0.05) is 24.6 Å². The van der Waals surface area contributed by atoms with Gasteiger partial charge in [0.05, 0.1) is 37.4 Å². The fourth-order valence-corrected chi connectivity index (χ4v) is 10.9. The van der Waals surface area contributed by atoms with Crippen molar-refractivity contribution in [2.45, 2.75) is 69.2 Å². The van der Waals surface area contributed by atoms with E-state index in [1.807, 2.05) is 12.1 Å². The molecule has 2 aliphatic carbocycles. The van der Waals surface area contributed by atoms with Crippen molar-refractivity contribution in [3.63, 3.8) is 0 Å². The zero-order valence-corrected chi connectivity index (χ0v) is 32.1. The second-order valence-electron chi connectivity index (χ2n) is 15.2. The van der Waals surface area contributed by atoms with Gasteiger partial charge >= 0.3 is 0 Å². The van der Waals surface area contributed by atoms with Gasteiger partial charge in [0, 0.05) is 49.4 Å². The van der Waals surface area contributed by atoms with Gasteiger partial charge < -0.3 is 29.3 Å². The SMILES string of the molecule is COc1nn(C)cc1C(=O)N[S@@]1(=O)=NC(=O)c2ccc3c(c2)N(C[C@@H]2CC[C@H]2[C@@H](OC)[C@@H](O)[C@H](O)C[C@H](C)C1)C[C@@]1(CCCc2cc(Cl)ccc21)CO3. The number of amides is 2. The zero-order valence-electron chi connectivity index (χ0n) is 30.5. The monoisotopic (exact) mass is 769 g/mol. The van der Waals surface area contributed by atoms with Crippen molar-refractivity contribution in [2.24, 2.45) is 29.2 Å². The average molecular weight is 770 g/mol. The molecule has 0 saturated heterocycles. The van der Waals surface area contributed by atoms with E-state index < -0.39 is 46.0 Å². The van der Waals surface area contributed by atoms with Crippen molar-refractivity contribution in [1.82, 2.24) is 14.5 Å². The second kappa shape index (κ2) is 14.9. The number of nitrogens with zero attached hydrogens (tertiary/aromatic N) is 4. The Morgan fingerprint density at radius 1 is 1.17 bits per heavy atom. The number of aromatic nitrogens is 2. The van der Waals surface area contributed by atoms with Crippen LogP contribution in [0.5, 0.6) is 11.6 Å². The zero-order chi connectivity index (χ0) is 37.7. The summed E-state index contributed by atoms with van der Waals surface area (Å²) >= 11 is 6.44. The lowest BCUT2D eigenvalue weighted by Crippen LogP contribution is -2.53. The first-order chi connectivity index (χ1) is 25.3. The maximum atomic E-state index is 14.6. The lowest BCUT2D eigenvalue weighted by atomic mass is 9.67. The van der Waals surface area contributed by atoms with Crippen LogP contribution < -0.4 is 19.1 Å². The van der Waals surface area contributed by atoms with Crippen molar-refractivity contribution in [3.8, 4) is 11.6 Å². The molecule has 1 aromatic heterocycles. The Kier molecular flexibility index (Phi) is 10.5. The van der Waals surface area contributed by atoms with Crippen LogP contribution in [0.2, 0.25) is 5.02 Å². The van der Waals surface area contributed by atoms with Gasteiger partial charge in [0.25, 0.3) is 11.8 Å². The van der Waals surface area contributed by atoms with Crippen LogP contribution in [0.4, 0.5) is 5.69 Å². The lowest BCUT2D eigenvalue weighted by molar-refractivity contribution is -0.127. The van der Waals surface area contributed by atoms with E-state index in [0.29, 0.717) is 36.2 Å². The molecule has 1 spiro atoms. The van der Waals surface area contributed by atoms with Crippen molar-refractivity contribution < 1.29 is 38.2 Å². The van der Waals surface area contributed by atoms with Crippen LogP contribution in [0.3, 0.4) is 0 Å². The minimum absolute atomic E-state index is 0.0198. The summed E-state index contributed by atoms with van der Waals surface area (Å²) in [6.07, 6.45) is 2.88. The first kappa shape index (κ1) is 37.6. The molecule has 2 amide bonds. The lowest BCUT2D eigenvalue weighted by Gasteiger charge is -2.47. The second-order valence-corrected chi connectivity index (χ2v) is 17.7. The molecule has 7 rings (SSSR count). The van der Waals surface area contributed by atoms with E-state index in [-0.39, 0.29) is 46.4 Å². The van der Waals surface area contributed by atoms with Crippen molar-refractivity contribution in [1.29, 1.82) is 0 Å². The number of fused-ring (bicyclic) bond motifs is 4. The van der Waals surface area contributed by atoms with Gasteiger partial charge in [0.1, 0.15) is 27.3 Å². The molecule has 286 valence electrons. The fraction of sp³-hybridized carbons (Fsp3) is 0.553. The molecule has 2 aliphatic heterocycles. The smallest absolute Gasteiger partial charge is 0.286 e. The highest BCUT2D eigenvalue weighted by atomic mass is 35.5. The number of hydrogen-bond donors (Lipinski definition) is 3. The summed E-state index contributed by atoms with van der Waals surface area (Å²) in [4.78, 5) is 29.8. The molecular formula is C38H48ClN5O8S. The number of anilines is 1. The molecule has 13 nitrogen and oxygen atoms in total. The highest BCUT2D eigenvalue weighted by Crippen LogP contribution is 2.47. The van der Waals surface area contributed by atoms with E-state index in [9.17, 15) is 24.0 Å². The number of nitrogens with one attached hydrogen (secondary N) is 1. The van der Waals surface area contributed by atoms with E-state index in [4.69, 9.17) is 25.8 Å². The predicted octanol–water partition coefficient (Wildman–Crippen LogP) is 4.31. The molecule has 0 unspecified atom stereocenters. The predicted molar refractivity (Wildman–Crippen MR) is 200 cm³/mol. The molecule has 1 saturated carbocycles. The molecule has 3 aromatic rings. The number of methoxy groups -OCH3 is 2. The van der Waals surface area contributed by atoms with Crippen molar-refractivity contribution >= 4 is 39.0 Å². The standard InChI is InChI=1S/C38H48ClN5O8S/c1-22-14-31(45)33(46)34(50-3)27-10-7-25(27)17-44-20-38(13-5-6-23-15-26(39)9-11-29(23)38)21-52-32-12-8-24(16-30(32)44)35(47)41-53(49,19-22)42-36(48)28-18-43(2)40-37(28)51-4/h8-9,11-12,15-16,18,22,25,27,31,33-34,45-46H,5-7,10,13-14,17,19-21H2,1-4H3,(H,41,42,47,48,49)/t22-,25-,27+,31+,33-,34+,38-,53-/m0/s1. The minimum Gasteiger partial charge on any atom is -0.490 e. The highest BCUT2D eigenvalue weighted by Gasteiger charge is 2.46. The van der Waals surface area contributed by atoms with E-state index in [1.165, 1.54) is 29.1 Å². The molecule has 2 bridgehead atoms. The molecule has 3 N–H and O–H groups in total. The normalized spacial score (nSPS) is 31.6. The molecule has 2 aromatic carbocycles. The molecule has 53 heavy (non-hydrogen) atoms. The summed E-state index contributed by atoms with van der Waals surface area (Å²) in [5, 5.41) is 27.7. The first-order valence-corrected chi connectivity index (χ1v) is 20.3. The van der Waals surface area contributed by atoms with Crippen LogP contribution in [0.25, 0.3) is 0 Å². The van der Waals surface area contributed by atoms with Crippen LogP contribution >= 0.6 is 11.6 Å². The Balaban J connectivity index is 1.32. The Labute approximate surface area is 315 Å². The Hall–Kier alpha value is -3.69. The van der Waals surface area contributed by atoms with Crippen LogP contribution in [0, 0.1) is 17.8 Å². The van der Waals surface area contributed by atoms with Gasteiger partial charge in [-0.15, -0.1) is 9.46 Å². The maximum absolute atomic E-state index is 14.6. The molecule has 0 radical (unpaired) electrons. The summed E-state index contributed by atoms with van der Waals surface area (Å²) in [6, 6.07) is 11.2. The van der Waals surface area contributed by atoms with Crippen molar-refractivity contribution in [2.75, 3.05) is 44.6 Å². The third kappa shape index (κ3) is 7.40. The van der Waals surface area contributed by atoms with Crippen LogP contribution in [0.15, 0.2) is 47.0 Å². The number of aliphatic hydroxyl groups is 2. The Morgan fingerprint density at radius 3 is 2.72 bits per heavy atom. The van der Waals surface area contributed by atoms with E-state index in [2.05, 4.69) is 25.1 Å². The molecule has 15 heteroatoms. The number of hydrogen-bond acceptors (Lipinski definition) is 10. The minimum atomic E-state index is -3.79. The Morgan fingerprint density at radius 2 is 1.98 bits per heavy atom. The van der Waals surface area contributed by atoms with Crippen LogP contribution in [0.1, 0.15) is 70.9 Å². The number of carbonyl (C=O) groups is 2. The van der Waals surface area contributed by atoms with E-state index in [0.717, 1.165) is 32.1 Å². The number of halogens is 1. The number of ether oxygens (including phenoxy) is 3. The van der Waals surface area contributed by atoms with E-state index >= 15 is 0 Å². The third-order valence-electron chi connectivity index (χ3n) is 11.5. The molecule has 4 aliphatic rings. The summed E-state index contributed by atoms with van der Waals surface area (Å²) in [5.74, 6) is -1.64. The van der Waals surface area contributed by atoms with Gasteiger partial charge in [-0.3, -0.25) is 19.0 Å². The quantitative estimate of drug-likeness (QED) is 0.349. The van der Waals surface area contributed by atoms with Gasteiger partial charge in [0.2, 0.25) is 5.88 Å². The fourth-order valence-electron chi connectivity index (χ4n) is 8.84. The largest absolute Gasteiger partial charge is 0.490 e. The Bertz CT molecular complexity index is 2020. The summed E-state index contributed by atoms with van der Waals surface area (Å²) in [6.45, 7) is 3.36. The molecule has 3 heterocycles. The number of carbonyl (C=O) groups excluding carboxylic acids is 2.